The topological polar surface area (TPSA) is 63.6 Å². The first-order valence-corrected chi connectivity index (χ1v) is 13.6. The second-order valence-electron chi connectivity index (χ2n) is 13.8. The Morgan fingerprint density at radius 1 is 1.12 bits per heavy atom. The number of carbonyl (C=O) groups is 2. The zero-order valence-corrected chi connectivity index (χ0v) is 22.2. The van der Waals surface area contributed by atoms with Crippen molar-refractivity contribution in [2.24, 2.45) is 45.3 Å². The fourth-order valence-corrected chi connectivity index (χ4v) is 9.72. The molecule has 0 spiro atoms. The molecule has 0 aromatic carbocycles. The third-order valence-electron chi connectivity index (χ3n) is 11.6. The first-order valence-electron chi connectivity index (χ1n) is 13.6. The SMILES string of the molecule is CC(C)=CCC[C@H]1C(=O)O[C@H]2C[C@]3(C)C4=CC(=O)[C@H]5C(C)(C)C(O)CC[C@]5(C)[C@H]4CC[C@@]3(C)[C@@H]21. The van der Waals surface area contributed by atoms with Gasteiger partial charge in [-0.3, -0.25) is 9.59 Å². The van der Waals surface area contributed by atoms with Gasteiger partial charge >= 0.3 is 5.97 Å². The Morgan fingerprint density at radius 3 is 2.50 bits per heavy atom. The lowest BCUT2D eigenvalue weighted by Gasteiger charge is -2.63. The van der Waals surface area contributed by atoms with Crippen LogP contribution in [0.3, 0.4) is 0 Å². The maximum atomic E-state index is 13.8. The summed E-state index contributed by atoms with van der Waals surface area (Å²) in [6.07, 6.45) is 10.2. The van der Waals surface area contributed by atoms with E-state index in [4.69, 9.17) is 4.74 Å². The Hall–Kier alpha value is -1.42. The fourth-order valence-electron chi connectivity index (χ4n) is 9.72. The van der Waals surface area contributed by atoms with Crippen molar-refractivity contribution >= 4 is 11.8 Å². The van der Waals surface area contributed by atoms with E-state index in [-0.39, 0.29) is 51.9 Å². The maximum absolute atomic E-state index is 13.8. The minimum atomic E-state index is -0.430. The lowest BCUT2D eigenvalue weighted by Crippen LogP contribution is -2.60. The molecule has 1 saturated heterocycles. The van der Waals surface area contributed by atoms with Crippen molar-refractivity contribution in [1.29, 1.82) is 0 Å². The van der Waals surface area contributed by atoms with Crippen LogP contribution in [-0.4, -0.2) is 29.1 Å². The number of allylic oxidation sites excluding steroid dienone is 4. The molecule has 0 amide bonds. The third-order valence-corrected chi connectivity index (χ3v) is 11.6. The Bertz CT molecular complexity index is 970. The molecule has 4 nitrogen and oxygen atoms in total. The van der Waals surface area contributed by atoms with Crippen molar-refractivity contribution in [2.45, 2.75) is 106 Å². The quantitative estimate of drug-likeness (QED) is 0.406. The number of rotatable bonds is 3. The second-order valence-corrected chi connectivity index (χ2v) is 13.8. The van der Waals surface area contributed by atoms with Crippen LogP contribution in [0.25, 0.3) is 0 Å². The zero-order valence-electron chi connectivity index (χ0n) is 22.2. The minimum Gasteiger partial charge on any atom is -0.462 e. The van der Waals surface area contributed by atoms with Crippen LogP contribution in [0.2, 0.25) is 0 Å². The zero-order chi connectivity index (χ0) is 24.8. The molecule has 1 aliphatic heterocycles. The second kappa shape index (κ2) is 7.54. The van der Waals surface area contributed by atoms with Crippen LogP contribution >= 0.6 is 0 Å². The largest absolute Gasteiger partial charge is 0.462 e. The fraction of sp³-hybridized carbons (Fsp3) is 0.800. The van der Waals surface area contributed by atoms with Gasteiger partial charge in [0.2, 0.25) is 0 Å². The van der Waals surface area contributed by atoms with Crippen LogP contribution in [0.1, 0.15) is 93.4 Å². The highest BCUT2D eigenvalue weighted by Gasteiger charge is 2.71. The molecule has 3 saturated carbocycles. The highest BCUT2D eigenvalue weighted by atomic mass is 16.6. The molecule has 4 fully saturated rings. The summed E-state index contributed by atoms with van der Waals surface area (Å²) in [7, 11) is 0. The number of esters is 1. The highest BCUT2D eigenvalue weighted by molar-refractivity contribution is 5.95. The molecule has 188 valence electrons. The van der Waals surface area contributed by atoms with E-state index >= 15 is 0 Å². The van der Waals surface area contributed by atoms with E-state index in [2.05, 4.69) is 54.5 Å². The summed E-state index contributed by atoms with van der Waals surface area (Å²) in [6, 6.07) is 0. The van der Waals surface area contributed by atoms with Gasteiger partial charge in [0.15, 0.2) is 5.78 Å². The van der Waals surface area contributed by atoms with E-state index in [1.165, 1.54) is 11.1 Å². The number of hydrogen-bond acceptors (Lipinski definition) is 4. The molecular formula is C30H44O4. The molecule has 5 aliphatic rings. The lowest BCUT2D eigenvalue weighted by atomic mass is 9.40. The lowest BCUT2D eigenvalue weighted by molar-refractivity contribution is -0.158. The number of ketones is 1. The molecule has 0 aromatic heterocycles. The number of aliphatic hydroxyl groups excluding tert-OH is 1. The van der Waals surface area contributed by atoms with Crippen molar-refractivity contribution < 1.29 is 19.4 Å². The molecule has 4 heteroatoms. The molecule has 1 N–H and O–H groups in total. The van der Waals surface area contributed by atoms with Crippen molar-refractivity contribution in [2.75, 3.05) is 0 Å². The molecule has 34 heavy (non-hydrogen) atoms. The molecular weight excluding hydrogens is 424 g/mol. The van der Waals surface area contributed by atoms with Gasteiger partial charge in [-0.05, 0) is 87.0 Å². The number of carbonyl (C=O) groups excluding carboxylic acids is 2. The van der Waals surface area contributed by atoms with Crippen molar-refractivity contribution in [3.63, 3.8) is 0 Å². The van der Waals surface area contributed by atoms with Gasteiger partial charge in [-0.15, -0.1) is 0 Å². The average Bonchev–Trinajstić information content (AvgIpc) is 3.15. The van der Waals surface area contributed by atoms with Gasteiger partial charge in [0.25, 0.3) is 0 Å². The van der Waals surface area contributed by atoms with E-state index in [1.807, 2.05) is 6.08 Å². The normalized spacial score (nSPS) is 48.8. The van der Waals surface area contributed by atoms with Crippen molar-refractivity contribution in [3.05, 3.63) is 23.3 Å². The summed E-state index contributed by atoms with van der Waals surface area (Å²) >= 11 is 0. The third kappa shape index (κ3) is 2.99. The molecule has 9 atom stereocenters. The van der Waals surface area contributed by atoms with E-state index in [0.717, 1.165) is 44.9 Å². The molecule has 0 radical (unpaired) electrons. The van der Waals surface area contributed by atoms with Gasteiger partial charge in [0, 0.05) is 17.3 Å². The molecule has 5 rings (SSSR count). The summed E-state index contributed by atoms with van der Waals surface area (Å²) in [4.78, 5) is 26.7. The highest BCUT2D eigenvalue weighted by Crippen LogP contribution is 2.74. The Labute approximate surface area is 205 Å². The standard InChI is InChI=1S/C30H44O4/c1-17(2)9-8-10-18-24-22(34-26(18)33)16-30(7)20-15-21(31)25-27(3,4)23(32)12-13-28(25,5)19(20)11-14-29(24,30)6/h9,15,18-19,22-25,32H,8,10-14,16H2,1-7H3/t18-,19+,22+,23?,24-,25+,28-,29+,30-/m1/s1. The van der Waals surface area contributed by atoms with Crippen LogP contribution in [0, 0.1) is 45.3 Å². The predicted octanol–water partition coefficient (Wildman–Crippen LogP) is 6.03. The molecule has 0 aromatic rings. The van der Waals surface area contributed by atoms with Gasteiger partial charge in [-0.2, -0.15) is 0 Å². The number of ether oxygens (including phenoxy) is 1. The Balaban J connectivity index is 1.53. The van der Waals surface area contributed by atoms with Crippen LogP contribution in [0.5, 0.6) is 0 Å². The van der Waals surface area contributed by atoms with Crippen LogP contribution in [-0.2, 0) is 14.3 Å². The van der Waals surface area contributed by atoms with E-state index in [1.54, 1.807) is 0 Å². The van der Waals surface area contributed by atoms with E-state index in [9.17, 15) is 14.7 Å². The first kappa shape index (κ1) is 24.3. The van der Waals surface area contributed by atoms with E-state index in [0.29, 0.717) is 5.92 Å². The molecule has 4 aliphatic carbocycles. The van der Waals surface area contributed by atoms with Crippen molar-refractivity contribution in [1.82, 2.24) is 0 Å². The molecule has 1 heterocycles. The predicted molar refractivity (Wildman–Crippen MR) is 133 cm³/mol. The van der Waals surface area contributed by atoms with Gasteiger partial charge in [0.1, 0.15) is 6.10 Å². The maximum Gasteiger partial charge on any atom is 0.309 e. The van der Waals surface area contributed by atoms with Gasteiger partial charge in [-0.1, -0.05) is 51.8 Å². The van der Waals surface area contributed by atoms with Gasteiger partial charge in [-0.25, -0.2) is 0 Å². The molecule has 1 unspecified atom stereocenters. The Morgan fingerprint density at radius 2 is 1.82 bits per heavy atom. The van der Waals surface area contributed by atoms with E-state index < -0.39 is 11.5 Å². The molecule has 0 bridgehead atoms. The first-order chi connectivity index (χ1) is 15.8. The van der Waals surface area contributed by atoms with Gasteiger partial charge < -0.3 is 9.84 Å². The summed E-state index contributed by atoms with van der Waals surface area (Å²) < 4.78 is 6.06. The monoisotopic (exact) mass is 468 g/mol. The summed E-state index contributed by atoms with van der Waals surface area (Å²) in [5, 5.41) is 10.8. The Kier molecular flexibility index (Phi) is 5.39. The smallest absolute Gasteiger partial charge is 0.309 e. The minimum absolute atomic E-state index is 0.00806. The summed E-state index contributed by atoms with van der Waals surface area (Å²) in [6.45, 7) is 15.5. The summed E-state index contributed by atoms with van der Waals surface area (Å²) in [5.41, 5.74) is 1.90. The van der Waals surface area contributed by atoms with Crippen LogP contribution in [0.4, 0.5) is 0 Å². The number of hydrogen-bond donors (Lipinski definition) is 1. The van der Waals surface area contributed by atoms with Crippen LogP contribution in [0.15, 0.2) is 23.3 Å². The van der Waals surface area contributed by atoms with Gasteiger partial charge in [0.05, 0.1) is 12.0 Å². The van der Waals surface area contributed by atoms with Crippen LogP contribution < -0.4 is 0 Å². The number of aliphatic hydroxyl groups is 1. The summed E-state index contributed by atoms with van der Waals surface area (Å²) in [5.74, 6) is 0.599. The number of fused-ring (bicyclic) bond motifs is 7. The van der Waals surface area contributed by atoms with Crippen molar-refractivity contribution in [3.8, 4) is 0 Å². The average molecular weight is 469 g/mol.